The number of nitrogens with zero attached hydrogens (tertiary/aromatic N) is 1. The summed E-state index contributed by atoms with van der Waals surface area (Å²) >= 11 is 0. The SMILES string of the molecule is C=CCN(Cc1cccc(OC)c1)C(=O)C1CNNC1c1cccc(OC)c1. The Morgan fingerprint density at radius 1 is 1.18 bits per heavy atom. The average molecular weight is 381 g/mol. The van der Waals surface area contributed by atoms with Crippen LogP contribution in [0.5, 0.6) is 11.5 Å². The zero-order chi connectivity index (χ0) is 19.9. The molecule has 2 atom stereocenters. The van der Waals surface area contributed by atoms with Crippen molar-refractivity contribution >= 4 is 5.91 Å². The van der Waals surface area contributed by atoms with E-state index in [1.807, 2.05) is 53.4 Å². The minimum Gasteiger partial charge on any atom is -0.497 e. The van der Waals surface area contributed by atoms with Crippen LogP contribution >= 0.6 is 0 Å². The molecule has 2 unspecified atom stereocenters. The first-order valence-electron chi connectivity index (χ1n) is 9.31. The molecule has 6 nitrogen and oxygen atoms in total. The fraction of sp³-hybridized carbons (Fsp3) is 0.318. The number of hydrogen-bond donors (Lipinski definition) is 2. The Labute approximate surface area is 166 Å². The van der Waals surface area contributed by atoms with Crippen molar-refractivity contribution in [3.05, 3.63) is 72.3 Å². The highest BCUT2D eigenvalue weighted by Crippen LogP contribution is 2.29. The number of hydrazine groups is 1. The van der Waals surface area contributed by atoms with Crippen LogP contribution in [0.4, 0.5) is 0 Å². The van der Waals surface area contributed by atoms with Crippen molar-refractivity contribution in [2.75, 3.05) is 27.3 Å². The zero-order valence-electron chi connectivity index (χ0n) is 16.4. The summed E-state index contributed by atoms with van der Waals surface area (Å²) in [5.41, 5.74) is 8.41. The normalized spacial score (nSPS) is 18.5. The molecule has 1 aliphatic rings. The predicted octanol–water partition coefficient (Wildman–Crippen LogP) is 2.68. The van der Waals surface area contributed by atoms with Gasteiger partial charge in [-0.1, -0.05) is 30.3 Å². The number of methoxy groups -OCH3 is 2. The second-order valence-corrected chi connectivity index (χ2v) is 6.74. The summed E-state index contributed by atoms with van der Waals surface area (Å²) < 4.78 is 10.6. The molecule has 28 heavy (non-hydrogen) atoms. The van der Waals surface area contributed by atoms with Gasteiger partial charge in [0.2, 0.25) is 5.91 Å². The lowest BCUT2D eigenvalue weighted by Gasteiger charge is -2.27. The Hall–Kier alpha value is -2.83. The Morgan fingerprint density at radius 2 is 1.89 bits per heavy atom. The van der Waals surface area contributed by atoms with Gasteiger partial charge in [-0.15, -0.1) is 6.58 Å². The summed E-state index contributed by atoms with van der Waals surface area (Å²) in [6, 6.07) is 15.5. The van der Waals surface area contributed by atoms with Gasteiger partial charge in [0.25, 0.3) is 0 Å². The molecule has 2 aromatic carbocycles. The van der Waals surface area contributed by atoms with E-state index in [4.69, 9.17) is 9.47 Å². The first-order chi connectivity index (χ1) is 13.7. The monoisotopic (exact) mass is 381 g/mol. The minimum atomic E-state index is -0.224. The van der Waals surface area contributed by atoms with Crippen molar-refractivity contribution in [3.8, 4) is 11.5 Å². The largest absolute Gasteiger partial charge is 0.497 e. The summed E-state index contributed by atoms with van der Waals surface area (Å²) in [4.78, 5) is 15.2. The second kappa shape index (κ2) is 9.39. The highest BCUT2D eigenvalue weighted by molar-refractivity contribution is 5.80. The molecule has 1 aliphatic heterocycles. The standard InChI is InChI=1S/C22H27N3O3/c1-4-11-25(15-16-7-5-9-18(12-16)27-2)22(26)20-14-23-24-21(20)17-8-6-10-19(13-17)28-3/h4-10,12-13,20-21,23-24H,1,11,14-15H2,2-3H3. The van der Waals surface area contributed by atoms with Crippen LogP contribution in [-0.2, 0) is 11.3 Å². The predicted molar refractivity (Wildman–Crippen MR) is 109 cm³/mol. The number of carbonyl (C=O) groups excluding carboxylic acids is 1. The van der Waals surface area contributed by atoms with E-state index in [9.17, 15) is 4.79 Å². The number of hydrogen-bond acceptors (Lipinski definition) is 5. The Bertz CT molecular complexity index is 824. The molecular weight excluding hydrogens is 354 g/mol. The van der Waals surface area contributed by atoms with Gasteiger partial charge >= 0.3 is 0 Å². The molecule has 148 valence electrons. The van der Waals surface area contributed by atoms with Crippen LogP contribution in [0.2, 0.25) is 0 Å². The Morgan fingerprint density at radius 3 is 2.61 bits per heavy atom. The van der Waals surface area contributed by atoms with Gasteiger partial charge < -0.3 is 14.4 Å². The number of amides is 1. The van der Waals surface area contributed by atoms with Gasteiger partial charge in [-0.05, 0) is 35.4 Å². The van der Waals surface area contributed by atoms with Gasteiger partial charge in [-0.2, -0.15) is 0 Å². The van der Waals surface area contributed by atoms with Crippen molar-refractivity contribution in [2.45, 2.75) is 12.6 Å². The first kappa shape index (κ1) is 19.9. The molecule has 3 rings (SSSR count). The first-order valence-corrected chi connectivity index (χ1v) is 9.31. The van der Waals surface area contributed by atoms with Crippen LogP contribution in [0.15, 0.2) is 61.2 Å². The van der Waals surface area contributed by atoms with Crippen molar-refractivity contribution in [1.29, 1.82) is 0 Å². The molecule has 0 aliphatic carbocycles. The van der Waals surface area contributed by atoms with Crippen LogP contribution in [0, 0.1) is 5.92 Å². The van der Waals surface area contributed by atoms with Gasteiger partial charge in [0.15, 0.2) is 0 Å². The molecule has 0 radical (unpaired) electrons. The highest BCUT2D eigenvalue weighted by Gasteiger charge is 2.36. The fourth-order valence-corrected chi connectivity index (χ4v) is 3.49. The molecule has 1 saturated heterocycles. The van der Waals surface area contributed by atoms with Gasteiger partial charge in [0.1, 0.15) is 11.5 Å². The number of rotatable bonds is 8. The van der Waals surface area contributed by atoms with Crippen LogP contribution in [0.25, 0.3) is 0 Å². The van der Waals surface area contributed by atoms with Crippen LogP contribution in [0.1, 0.15) is 17.2 Å². The number of carbonyl (C=O) groups is 1. The molecule has 1 amide bonds. The third-order valence-corrected chi connectivity index (χ3v) is 4.92. The van der Waals surface area contributed by atoms with E-state index in [2.05, 4.69) is 17.4 Å². The average Bonchev–Trinajstić information content (AvgIpc) is 3.23. The maximum Gasteiger partial charge on any atom is 0.229 e. The summed E-state index contributed by atoms with van der Waals surface area (Å²) in [6.07, 6.45) is 1.76. The molecule has 0 spiro atoms. The highest BCUT2D eigenvalue weighted by atomic mass is 16.5. The van der Waals surface area contributed by atoms with E-state index >= 15 is 0 Å². The Balaban J connectivity index is 1.80. The lowest BCUT2D eigenvalue weighted by Crippen LogP contribution is -2.39. The molecule has 6 heteroatoms. The van der Waals surface area contributed by atoms with E-state index in [0.717, 1.165) is 22.6 Å². The molecule has 1 fully saturated rings. The molecule has 0 saturated carbocycles. The molecule has 2 aromatic rings. The molecule has 2 N–H and O–H groups in total. The molecule has 0 bridgehead atoms. The number of ether oxygens (including phenoxy) is 2. The van der Waals surface area contributed by atoms with Crippen LogP contribution in [-0.4, -0.2) is 38.1 Å². The van der Waals surface area contributed by atoms with Gasteiger partial charge in [0, 0.05) is 19.6 Å². The topological polar surface area (TPSA) is 62.8 Å². The Kier molecular flexibility index (Phi) is 6.68. The van der Waals surface area contributed by atoms with E-state index in [-0.39, 0.29) is 17.9 Å². The summed E-state index contributed by atoms with van der Waals surface area (Å²) in [5.74, 6) is 1.41. The third kappa shape index (κ3) is 4.52. The summed E-state index contributed by atoms with van der Waals surface area (Å²) in [7, 11) is 3.28. The second-order valence-electron chi connectivity index (χ2n) is 6.74. The maximum atomic E-state index is 13.4. The number of benzene rings is 2. The third-order valence-electron chi connectivity index (χ3n) is 4.92. The maximum absolute atomic E-state index is 13.4. The van der Waals surface area contributed by atoms with Gasteiger partial charge in [0.05, 0.1) is 26.2 Å². The van der Waals surface area contributed by atoms with Crippen molar-refractivity contribution in [1.82, 2.24) is 15.8 Å². The van der Waals surface area contributed by atoms with E-state index in [0.29, 0.717) is 19.6 Å². The molecular formula is C22H27N3O3. The van der Waals surface area contributed by atoms with Crippen LogP contribution < -0.4 is 20.3 Å². The minimum absolute atomic E-state index is 0.0769. The number of nitrogens with one attached hydrogen (secondary N) is 2. The van der Waals surface area contributed by atoms with E-state index < -0.39 is 0 Å². The smallest absolute Gasteiger partial charge is 0.229 e. The lowest BCUT2D eigenvalue weighted by molar-refractivity contribution is -0.135. The van der Waals surface area contributed by atoms with E-state index in [1.165, 1.54) is 0 Å². The lowest BCUT2D eigenvalue weighted by atomic mass is 9.93. The summed E-state index contributed by atoms with van der Waals surface area (Å²) in [6.45, 7) is 5.37. The van der Waals surface area contributed by atoms with E-state index in [1.54, 1.807) is 20.3 Å². The van der Waals surface area contributed by atoms with Gasteiger partial charge in [-0.3, -0.25) is 10.2 Å². The van der Waals surface area contributed by atoms with Crippen molar-refractivity contribution < 1.29 is 14.3 Å². The van der Waals surface area contributed by atoms with Crippen molar-refractivity contribution in [3.63, 3.8) is 0 Å². The van der Waals surface area contributed by atoms with Crippen molar-refractivity contribution in [2.24, 2.45) is 5.92 Å². The summed E-state index contributed by atoms with van der Waals surface area (Å²) in [5, 5.41) is 0. The van der Waals surface area contributed by atoms with Gasteiger partial charge in [-0.25, -0.2) is 5.43 Å². The zero-order valence-corrected chi connectivity index (χ0v) is 16.4. The van der Waals surface area contributed by atoms with Crippen LogP contribution in [0.3, 0.4) is 0 Å². The quantitative estimate of drug-likeness (QED) is 0.689. The molecule has 1 heterocycles. The molecule has 0 aromatic heterocycles. The fourth-order valence-electron chi connectivity index (χ4n) is 3.49.